The lowest BCUT2D eigenvalue weighted by Crippen LogP contribution is -2.39. The Morgan fingerprint density at radius 1 is 1.33 bits per heavy atom. The van der Waals surface area contributed by atoms with E-state index >= 15 is 0 Å². The topological polar surface area (TPSA) is 48.9 Å². The number of guanidine groups is 1. The molecule has 1 aliphatic heterocycles. The van der Waals surface area contributed by atoms with Crippen LogP contribution in [-0.4, -0.2) is 63.8 Å². The zero-order chi connectivity index (χ0) is 14.6. The lowest BCUT2D eigenvalue weighted by molar-refractivity contribution is 0.145. The number of ether oxygens (including phenoxy) is 1. The van der Waals surface area contributed by atoms with Crippen LogP contribution in [0.4, 0.5) is 0 Å². The predicted molar refractivity (Wildman–Crippen MR) is 101 cm³/mol. The number of hydrogen-bond donors (Lipinski definition) is 2. The highest BCUT2D eigenvalue weighted by Crippen LogP contribution is 2.14. The maximum Gasteiger partial charge on any atom is 0.191 e. The number of nitrogens with zero attached hydrogens (tertiary/aromatic N) is 2. The fourth-order valence-corrected chi connectivity index (χ4v) is 2.51. The van der Waals surface area contributed by atoms with Crippen LogP contribution < -0.4 is 10.6 Å². The van der Waals surface area contributed by atoms with Gasteiger partial charge in [0.2, 0.25) is 0 Å². The number of piperidine rings is 1. The van der Waals surface area contributed by atoms with Crippen LogP contribution in [0.5, 0.6) is 0 Å². The highest BCUT2D eigenvalue weighted by Gasteiger charge is 2.16. The fourth-order valence-electron chi connectivity index (χ4n) is 2.51. The minimum absolute atomic E-state index is 0. The van der Waals surface area contributed by atoms with Crippen molar-refractivity contribution in [3.8, 4) is 0 Å². The molecule has 0 spiro atoms. The summed E-state index contributed by atoms with van der Waals surface area (Å²) >= 11 is 0. The van der Waals surface area contributed by atoms with E-state index in [1.165, 1.54) is 25.9 Å². The summed E-state index contributed by atoms with van der Waals surface area (Å²) in [6.07, 6.45) is 3.62. The molecule has 126 valence electrons. The Balaban J connectivity index is 0.00000400. The highest BCUT2D eigenvalue weighted by molar-refractivity contribution is 14.0. The number of hydrogen-bond acceptors (Lipinski definition) is 3. The monoisotopic (exact) mass is 412 g/mol. The molecule has 0 aliphatic carbocycles. The molecule has 0 aromatic rings. The minimum atomic E-state index is 0. The van der Waals surface area contributed by atoms with E-state index in [2.05, 4.69) is 29.5 Å². The lowest BCUT2D eigenvalue weighted by Gasteiger charge is -2.28. The maximum absolute atomic E-state index is 5.34. The van der Waals surface area contributed by atoms with Gasteiger partial charge in [-0.1, -0.05) is 0 Å². The Morgan fingerprint density at radius 2 is 2.14 bits per heavy atom. The Hall–Kier alpha value is -0.0800. The van der Waals surface area contributed by atoms with Gasteiger partial charge in [-0.25, -0.2) is 0 Å². The Kier molecular flexibility index (Phi) is 13.5. The smallest absolute Gasteiger partial charge is 0.191 e. The largest absolute Gasteiger partial charge is 0.382 e. The summed E-state index contributed by atoms with van der Waals surface area (Å²) in [4.78, 5) is 7.13. The molecule has 1 saturated heterocycles. The highest BCUT2D eigenvalue weighted by atomic mass is 127. The zero-order valence-electron chi connectivity index (χ0n) is 13.9. The molecule has 0 amide bonds. The summed E-state index contributed by atoms with van der Waals surface area (Å²) in [6.45, 7) is 10.9. The molecule has 1 fully saturated rings. The molecule has 1 heterocycles. The number of rotatable bonds is 8. The second-order valence-electron chi connectivity index (χ2n) is 5.47. The first-order chi connectivity index (χ1) is 9.76. The van der Waals surface area contributed by atoms with Crippen LogP contribution in [0.3, 0.4) is 0 Å². The van der Waals surface area contributed by atoms with E-state index in [0.29, 0.717) is 5.92 Å². The molecule has 1 atom stereocenters. The molecule has 1 unspecified atom stereocenters. The predicted octanol–water partition coefficient (Wildman–Crippen LogP) is 1.93. The van der Waals surface area contributed by atoms with Gasteiger partial charge < -0.3 is 20.3 Å². The van der Waals surface area contributed by atoms with Crippen molar-refractivity contribution in [2.75, 3.05) is 53.0 Å². The van der Waals surface area contributed by atoms with Gasteiger partial charge in [0.05, 0.1) is 0 Å². The second-order valence-corrected chi connectivity index (χ2v) is 5.47. The molecule has 0 radical (unpaired) electrons. The quantitative estimate of drug-likeness (QED) is 0.277. The van der Waals surface area contributed by atoms with Gasteiger partial charge >= 0.3 is 0 Å². The van der Waals surface area contributed by atoms with E-state index in [1.54, 1.807) is 0 Å². The molecular formula is C15H33IN4O. The van der Waals surface area contributed by atoms with Crippen molar-refractivity contribution in [3.63, 3.8) is 0 Å². The van der Waals surface area contributed by atoms with E-state index in [1.807, 2.05) is 6.92 Å². The minimum Gasteiger partial charge on any atom is -0.382 e. The summed E-state index contributed by atoms with van der Waals surface area (Å²) in [5.41, 5.74) is 0. The number of nitrogens with one attached hydrogen (secondary N) is 2. The van der Waals surface area contributed by atoms with Gasteiger partial charge in [0.25, 0.3) is 0 Å². The molecule has 5 nitrogen and oxygen atoms in total. The fraction of sp³-hybridized carbons (Fsp3) is 0.933. The summed E-state index contributed by atoms with van der Waals surface area (Å²) < 4.78 is 5.34. The van der Waals surface area contributed by atoms with Crippen LogP contribution in [0, 0.1) is 5.92 Å². The first-order valence-corrected chi connectivity index (χ1v) is 8.04. The van der Waals surface area contributed by atoms with Crippen LogP contribution in [0.1, 0.15) is 33.1 Å². The van der Waals surface area contributed by atoms with E-state index < -0.39 is 0 Å². The van der Waals surface area contributed by atoms with Gasteiger partial charge in [0, 0.05) is 39.4 Å². The van der Waals surface area contributed by atoms with Crippen molar-refractivity contribution < 1.29 is 4.74 Å². The van der Waals surface area contributed by atoms with Crippen LogP contribution in [-0.2, 0) is 4.74 Å². The molecular weight excluding hydrogens is 379 g/mol. The second kappa shape index (κ2) is 13.6. The molecule has 0 bridgehead atoms. The normalized spacial score (nSPS) is 20.0. The summed E-state index contributed by atoms with van der Waals surface area (Å²) in [5.74, 6) is 1.64. The number of aliphatic imine (C=N–C) groups is 1. The third-order valence-electron chi connectivity index (χ3n) is 3.54. The molecule has 1 aliphatic rings. The molecule has 0 aromatic heterocycles. The molecule has 1 rings (SSSR count). The molecule has 0 aromatic carbocycles. The van der Waals surface area contributed by atoms with Gasteiger partial charge in [0.1, 0.15) is 0 Å². The van der Waals surface area contributed by atoms with E-state index in [-0.39, 0.29) is 24.0 Å². The van der Waals surface area contributed by atoms with Crippen LogP contribution >= 0.6 is 24.0 Å². The Labute approximate surface area is 147 Å². The zero-order valence-corrected chi connectivity index (χ0v) is 16.2. The van der Waals surface area contributed by atoms with Gasteiger partial charge in [-0.3, -0.25) is 4.99 Å². The van der Waals surface area contributed by atoms with Crippen LogP contribution in [0.25, 0.3) is 0 Å². The van der Waals surface area contributed by atoms with Crippen molar-refractivity contribution in [2.45, 2.75) is 33.1 Å². The van der Waals surface area contributed by atoms with Crippen molar-refractivity contribution in [3.05, 3.63) is 0 Å². The molecule has 2 N–H and O–H groups in total. The van der Waals surface area contributed by atoms with Gasteiger partial charge in [0.15, 0.2) is 5.96 Å². The van der Waals surface area contributed by atoms with Crippen molar-refractivity contribution in [1.29, 1.82) is 0 Å². The molecule has 21 heavy (non-hydrogen) atoms. The number of halogens is 1. The molecule has 6 heteroatoms. The Morgan fingerprint density at radius 3 is 2.81 bits per heavy atom. The van der Waals surface area contributed by atoms with Crippen LogP contribution in [0.15, 0.2) is 4.99 Å². The summed E-state index contributed by atoms with van der Waals surface area (Å²) in [7, 11) is 2.20. The lowest BCUT2D eigenvalue weighted by atomic mass is 9.99. The van der Waals surface area contributed by atoms with E-state index in [9.17, 15) is 0 Å². The molecule has 0 saturated carbocycles. The SMILES string of the molecule is CCNC(=NCC1CCCN(C)C1)NCCCOCC.I. The first kappa shape index (κ1) is 20.9. The van der Waals surface area contributed by atoms with Crippen molar-refractivity contribution >= 4 is 29.9 Å². The standard InChI is InChI=1S/C15H32N4O.HI/c1-4-16-15(17-9-7-11-20-5-2)18-12-14-8-6-10-19(3)13-14;/h14H,4-13H2,1-3H3,(H2,16,17,18);1H. The Bertz CT molecular complexity index is 276. The average molecular weight is 412 g/mol. The van der Waals surface area contributed by atoms with Crippen LogP contribution in [0.2, 0.25) is 0 Å². The third-order valence-corrected chi connectivity index (χ3v) is 3.54. The average Bonchev–Trinajstić information content (AvgIpc) is 2.44. The van der Waals surface area contributed by atoms with E-state index in [0.717, 1.165) is 45.2 Å². The number of likely N-dealkylation sites (tertiary alicyclic amines) is 1. The third kappa shape index (κ3) is 10.3. The van der Waals surface area contributed by atoms with Gasteiger partial charge in [-0.05, 0) is 52.6 Å². The summed E-state index contributed by atoms with van der Waals surface area (Å²) in [6, 6.07) is 0. The van der Waals surface area contributed by atoms with Crippen molar-refractivity contribution in [2.24, 2.45) is 10.9 Å². The van der Waals surface area contributed by atoms with Gasteiger partial charge in [-0.15, -0.1) is 24.0 Å². The first-order valence-electron chi connectivity index (χ1n) is 8.04. The van der Waals surface area contributed by atoms with Gasteiger partial charge in [-0.2, -0.15) is 0 Å². The van der Waals surface area contributed by atoms with E-state index in [4.69, 9.17) is 9.73 Å². The van der Waals surface area contributed by atoms with Crippen molar-refractivity contribution in [1.82, 2.24) is 15.5 Å². The summed E-state index contributed by atoms with van der Waals surface area (Å²) in [5, 5.41) is 6.68. The maximum atomic E-state index is 5.34.